The first-order chi connectivity index (χ1) is 10.9. The van der Waals surface area contributed by atoms with Crippen molar-refractivity contribution >= 4 is 21.6 Å². The fraction of sp³-hybridized carbons (Fsp3) is 0.533. The summed E-state index contributed by atoms with van der Waals surface area (Å²) in [4.78, 5) is 12.2. The molecule has 1 N–H and O–H groups in total. The van der Waals surface area contributed by atoms with Crippen LogP contribution in [0.1, 0.15) is 12.8 Å². The van der Waals surface area contributed by atoms with Crippen LogP contribution < -0.4 is 14.4 Å². The SMILES string of the molecule is COCCCNC(=O)C1CCN(S(C)(=O)=O)c2ccccc2O1. The van der Waals surface area contributed by atoms with E-state index in [1.807, 2.05) is 0 Å². The number of hydrogen-bond acceptors (Lipinski definition) is 5. The van der Waals surface area contributed by atoms with Crippen molar-refractivity contribution in [1.29, 1.82) is 0 Å². The first kappa shape index (κ1) is 17.6. The third-order valence-electron chi connectivity index (χ3n) is 3.51. The summed E-state index contributed by atoms with van der Waals surface area (Å²) in [6.07, 6.45) is 1.43. The third kappa shape index (κ3) is 4.59. The Hall–Kier alpha value is -1.80. The summed E-state index contributed by atoms with van der Waals surface area (Å²) >= 11 is 0. The number of carbonyl (C=O) groups excluding carboxylic acids is 1. The fourth-order valence-electron chi connectivity index (χ4n) is 2.40. The molecule has 0 aliphatic carbocycles. The summed E-state index contributed by atoms with van der Waals surface area (Å²) in [5.74, 6) is 0.152. The van der Waals surface area contributed by atoms with E-state index in [1.165, 1.54) is 4.31 Å². The highest BCUT2D eigenvalue weighted by Gasteiger charge is 2.30. The van der Waals surface area contributed by atoms with Gasteiger partial charge in [0.1, 0.15) is 5.75 Å². The van der Waals surface area contributed by atoms with E-state index in [1.54, 1.807) is 31.4 Å². The normalized spacial score (nSPS) is 17.8. The summed E-state index contributed by atoms with van der Waals surface area (Å²) in [6, 6.07) is 6.84. The Morgan fingerprint density at radius 2 is 2.17 bits per heavy atom. The van der Waals surface area contributed by atoms with E-state index in [0.29, 0.717) is 31.0 Å². The van der Waals surface area contributed by atoms with Crippen LogP contribution in [0.15, 0.2) is 24.3 Å². The third-order valence-corrected chi connectivity index (χ3v) is 4.69. The van der Waals surface area contributed by atoms with Gasteiger partial charge in [0.15, 0.2) is 6.10 Å². The maximum absolute atomic E-state index is 12.2. The van der Waals surface area contributed by atoms with Crippen molar-refractivity contribution in [2.75, 3.05) is 37.4 Å². The maximum atomic E-state index is 12.2. The molecule has 0 bridgehead atoms. The molecule has 23 heavy (non-hydrogen) atoms. The minimum Gasteiger partial charge on any atom is -0.478 e. The summed E-state index contributed by atoms with van der Waals surface area (Å²) in [7, 11) is -1.83. The van der Waals surface area contributed by atoms with Crippen LogP contribution in [0.3, 0.4) is 0 Å². The lowest BCUT2D eigenvalue weighted by atomic mass is 10.2. The van der Waals surface area contributed by atoms with Gasteiger partial charge in [0.25, 0.3) is 5.91 Å². The van der Waals surface area contributed by atoms with Crippen molar-refractivity contribution in [2.24, 2.45) is 0 Å². The van der Waals surface area contributed by atoms with E-state index < -0.39 is 16.1 Å². The van der Waals surface area contributed by atoms with Gasteiger partial charge in [0.2, 0.25) is 10.0 Å². The summed E-state index contributed by atoms with van der Waals surface area (Å²) in [5, 5.41) is 2.79. The number of para-hydroxylation sites is 2. The van der Waals surface area contributed by atoms with Gasteiger partial charge in [-0.25, -0.2) is 8.42 Å². The van der Waals surface area contributed by atoms with E-state index in [2.05, 4.69) is 5.32 Å². The van der Waals surface area contributed by atoms with Crippen molar-refractivity contribution < 1.29 is 22.7 Å². The molecule has 1 aromatic rings. The predicted octanol–water partition coefficient (Wildman–Crippen LogP) is 0.756. The first-order valence-electron chi connectivity index (χ1n) is 7.43. The molecular formula is C15H22N2O5S. The zero-order valence-electron chi connectivity index (χ0n) is 13.3. The Bertz CT molecular complexity index is 647. The van der Waals surface area contributed by atoms with Crippen LogP contribution >= 0.6 is 0 Å². The van der Waals surface area contributed by atoms with Crippen molar-refractivity contribution in [3.63, 3.8) is 0 Å². The number of nitrogens with one attached hydrogen (secondary N) is 1. The topological polar surface area (TPSA) is 84.9 Å². The van der Waals surface area contributed by atoms with E-state index in [0.717, 1.165) is 6.26 Å². The molecule has 0 spiro atoms. The van der Waals surface area contributed by atoms with Crippen LogP contribution in [0.25, 0.3) is 0 Å². The number of ether oxygens (including phenoxy) is 2. The summed E-state index contributed by atoms with van der Waals surface area (Å²) < 4.78 is 35.9. The maximum Gasteiger partial charge on any atom is 0.261 e. The fourth-order valence-corrected chi connectivity index (χ4v) is 3.35. The van der Waals surface area contributed by atoms with Crippen molar-refractivity contribution in [3.05, 3.63) is 24.3 Å². The van der Waals surface area contributed by atoms with Crippen molar-refractivity contribution in [3.8, 4) is 5.75 Å². The highest BCUT2D eigenvalue weighted by molar-refractivity contribution is 7.92. The molecule has 1 atom stereocenters. The molecule has 7 nitrogen and oxygen atoms in total. The molecule has 1 aliphatic heterocycles. The van der Waals surface area contributed by atoms with Crippen LogP contribution in [-0.4, -0.2) is 53.5 Å². The molecule has 0 fully saturated rings. The Morgan fingerprint density at radius 1 is 1.43 bits per heavy atom. The van der Waals surface area contributed by atoms with Gasteiger partial charge in [0.05, 0.1) is 11.9 Å². The van der Waals surface area contributed by atoms with E-state index in [4.69, 9.17) is 9.47 Å². The highest BCUT2D eigenvalue weighted by atomic mass is 32.2. The summed E-state index contributed by atoms with van der Waals surface area (Å²) in [6.45, 7) is 1.26. The Labute approximate surface area is 136 Å². The number of fused-ring (bicyclic) bond motifs is 1. The quantitative estimate of drug-likeness (QED) is 0.772. The number of carbonyl (C=O) groups is 1. The van der Waals surface area contributed by atoms with Gasteiger partial charge in [-0.3, -0.25) is 9.10 Å². The number of benzene rings is 1. The Balaban J connectivity index is 2.12. The predicted molar refractivity (Wildman–Crippen MR) is 87.2 cm³/mol. The largest absolute Gasteiger partial charge is 0.478 e. The Kier molecular flexibility index (Phi) is 5.84. The van der Waals surface area contributed by atoms with Gasteiger partial charge < -0.3 is 14.8 Å². The molecule has 1 unspecified atom stereocenters. The van der Waals surface area contributed by atoms with E-state index >= 15 is 0 Å². The minimum atomic E-state index is -3.43. The molecule has 1 heterocycles. The molecule has 0 saturated carbocycles. The van der Waals surface area contributed by atoms with Crippen LogP contribution in [0.5, 0.6) is 5.75 Å². The molecule has 2 rings (SSSR count). The number of anilines is 1. The van der Waals surface area contributed by atoms with Crippen molar-refractivity contribution in [2.45, 2.75) is 18.9 Å². The molecular weight excluding hydrogens is 320 g/mol. The molecule has 8 heteroatoms. The standard InChI is InChI=1S/C15H22N2O5S/c1-21-11-5-9-16-15(18)14-8-10-17(23(2,19)20)12-6-3-4-7-13(12)22-14/h3-4,6-7,14H,5,8-11H2,1-2H3,(H,16,18). The monoisotopic (exact) mass is 342 g/mol. The zero-order chi connectivity index (χ0) is 16.9. The lowest BCUT2D eigenvalue weighted by Crippen LogP contribution is -2.40. The zero-order valence-corrected chi connectivity index (χ0v) is 14.1. The smallest absolute Gasteiger partial charge is 0.261 e. The van der Waals surface area contributed by atoms with Gasteiger partial charge >= 0.3 is 0 Å². The first-order valence-corrected chi connectivity index (χ1v) is 9.28. The van der Waals surface area contributed by atoms with Crippen LogP contribution in [-0.2, 0) is 19.6 Å². The average molecular weight is 342 g/mol. The van der Waals surface area contributed by atoms with Crippen LogP contribution in [0, 0.1) is 0 Å². The summed E-state index contributed by atoms with van der Waals surface area (Å²) in [5.41, 5.74) is 0.463. The average Bonchev–Trinajstić information content (AvgIpc) is 2.70. The molecule has 1 aromatic carbocycles. The number of hydrogen-bond donors (Lipinski definition) is 1. The van der Waals surface area contributed by atoms with Gasteiger partial charge in [-0.2, -0.15) is 0 Å². The highest BCUT2D eigenvalue weighted by Crippen LogP contribution is 2.33. The minimum absolute atomic E-state index is 0.200. The van der Waals surface area contributed by atoms with Crippen LogP contribution in [0.4, 0.5) is 5.69 Å². The van der Waals surface area contributed by atoms with E-state index in [9.17, 15) is 13.2 Å². The van der Waals surface area contributed by atoms with Gasteiger partial charge in [0, 0.05) is 33.2 Å². The lowest BCUT2D eigenvalue weighted by molar-refractivity contribution is -0.128. The van der Waals surface area contributed by atoms with E-state index in [-0.39, 0.29) is 18.9 Å². The molecule has 1 aliphatic rings. The number of sulfonamides is 1. The number of nitrogens with zero attached hydrogens (tertiary/aromatic N) is 1. The molecule has 1 amide bonds. The van der Waals surface area contributed by atoms with Gasteiger partial charge in [-0.15, -0.1) is 0 Å². The number of rotatable bonds is 6. The number of methoxy groups -OCH3 is 1. The second-order valence-electron chi connectivity index (χ2n) is 5.34. The molecule has 0 radical (unpaired) electrons. The van der Waals surface area contributed by atoms with Crippen molar-refractivity contribution in [1.82, 2.24) is 5.32 Å². The lowest BCUT2D eigenvalue weighted by Gasteiger charge is -2.20. The molecule has 0 saturated heterocycles. The number of amides is 1. The van der Waals surface area contributed by atoms with Crippen LogP contribution in [0.2, 0.25) is 0 Å². The second kappa shape index (κ2) is 7.65. The molecule has 128 valence electrons. The Morgan fingerprint density at radius 3 is 2.87 bits per heavy atom. The molecule has 0 aromatic heterocycles. The van der Waals surface area contributed by atoms with Gasteiger partial charge in [-0.1, -0.05) is 12.1 Å². The van der Waals surface area contributed by atoms with Gasteiger partial charge in [-0.05, 0) is 18.6 Å². The second-order valence-corrected chi connectivity index (χ2v) is 7.24.